The molecule has 0 aromatic rings. The minimum atomic E-state index is 0.683. The molecule has 1 N–H and O–H groups in total. The molecule has 3 heteroatoms. The van der Waals surface area contributed by atoms with E-state index >= 15 is 0 Å². The second kappa shape index (κ2) is 4.99. The van der Waals surface area contributed by atoms with Crippen molar-refractivity contribution in [3.63, 3.8) is 0 Å². The second-order valence-corrected chi connectivity index (χ2v) is 2.32. The predicted octanol–water partition coefficient (Wildman–Crippen LogP) is 0.954. The number of likely N-dealkylation sites (N-methyl/N-ethyl adjacent to an activating group) is 1. The van der Waals surface area contributed by atoms with Crippen LogP contribution in [-0.2, 0) is 0 Å². The first-order valence-corrected chi connectivity index (χ1v) is 3.17. The minimum Gasteiger partial charge on any atom is -0.411 e. The van der Waals surface area contributed by atoms with E-state index in [4.69, 9.17) is 5.21 Å². The van der Waals surface area contributed by atoms with Gasteiger partial charge in [0, 0.05) is 13.1 Å². The lowest BCUT2D eigenvalue weighted by Crippen LogP contribution is -2.24. The van der Waals surface area contributed by atoms with Gasteiger partial charge in [0.2, 0.25) is 0 Å². The van der Waals surface area contributed by atoms with E-state index in [0.29, 0.717) is 12.3 Å². The summed E-state index contributed by atoms with van der Waals surface area (Å²) in [5.74, 6) is 0. The largest absolute Gasteiger partial charge is 0.411 e. The summed E-state index contributed by atoms with van der Waals surface area (Å²) in [5, 5.41) is 11.3. The lowest BCUT2D eigenvalue weighted by atomic mass is 10.4. The third-order valence-corrected chi connectivity index (χ3v) is 1.11. The Hall–Kier alpha value is -0.830. The molecule has 0 aliphatic heterocycles. The zero-order valence-electron chi connectivity index (χ0n) is 6.54. The number of hydrogen-bond acceptors (Lipinski definition) is 3. The van der Waals surface area contributed by atoms with Gasteiger partial charge >= 0.3 is 0 Å². The molecule has 0 radical (unpaired) electrons. The molecule has 0 fully saturated rings. The van der Waals surface area contributed by atoms with Gasteiger partial charge in [0.05, 0.1) is 5.71 Å². The van der Waals surface area contributed by atoms with Crippen molar-refractivity contribution in [2.24, 2.45) is 5.16 Å². The summed E-state index contributed by atoms with van der Waals surface area (Å²) >= 11 is 0. The average molecular weight is 142 g/mol. The zero-order valence-corrected chi connectivity index (χ0v) is 6.54. The molecule has 0 unspecified atom stereocenters. The molecule has 58 valence electrons. The first kappa shape index (κ1) is 9.17. The normalized spacial score (nSPS) is 12.1. The summed E-state index contributed by atoms with van der Waals surface area (Å²) in [6, 6.07) is 0. The van der Waals surface area contributed by atoms with Crippen LogP contribution in [0.1, 0.15) is 6.92 Å². The Morgan fingerprint density at radius 1 is 1.80 bits per heavy atom. The first-order valence-electron chi connectivity index (χ1n) is 3.17. The van der Waals surface area contributed by atoms with Crippen molar-refractivity contribution >= 4 is 5.71 Å². The smallest absolute Gasteiger partial charge is 0.0679 e. The molecule has 0 atom stereocenters. The van der Waals surface area contributed by atoms with Gasteiger partial charge in [-0.2, -0.15) is 0 Å². The van der Waals surface area contributed by atoms with Crippen molar-refractivity contribution in [2.75, 3.05) is 20.1 Å². The number of nitrogens with zero attached hydrogens (tertiary/aromatic N) is 2. The minimum absolute atomic E-state index is 0.683. The Balaban J connectivity index is 3.56. The summed E-state index contributed by atoms with van der Waals surface area (Å²) in [6.45, 7) is 6.86. The summed E-state index contributed by atoms with van der Waals surface area (Å²) in [4.78, 5) is 2.00. The van der Waals surface area contributed by atoms with Crippen LogP contribution in [0.4, 0.5) is 0 Å². The maximum absolute atomic E-state index is 8.29. The summed E-state index contributed by atoms with van der Waals surface area (Å²) in [5.41, 5.74) is 0.712. The second-order valence-electron chi connectivity index (χ2n) is 2.32. The molecule has 0 saturated carbocycles. The van der Waals surface area contributed by atoms with Crippen LogP contribution in [0.5, 0.6) is 0 Å². The zero-order chi connectivity index (χ0) is 7.98. The average Bonchev–Trinajstić information content (AvgIpc) is 1.88. The predicted molar refractivity (Wildman–Crippen MR) is 42.6 cm³/mol. The SMILES string of the molecule is C=CCN(C)C/C(C)=N/O. The van der Waals surface area contributed by atoms with E-state index in [1.807, 2.05) is 18.0 Å². The van der Waals surface area contributed by atoms with Gasteiger partial charge in [-0.1, -0.05) is 11.2 Å². The molecule has 0 bridgehead atoms. The maximum Gasteiger partial charge on any atom is 0.0679 e. The lowest BCUT2D eigenvalue weighted by Gasteiger charge is -2.11. The highest BCUT2D eigenvalue weighted by Gasteiger charge is 1.96. The van der Waals surface area contributed by atoms with Crippen LogP contribution in [0, 0.1) is 0 Å². The highest BCUT2D eigenvalue weighted by Crippen LogP contribution is 1.84. The number of rotatable bonds is 4. The van der Waals surface area contributed by atoms with Crippen molar-refractivity contribution in [1.29, 1.82) is 0 Å². The van der Waals surface area contributed by atoms with E-state index in [9.17, 15) is 0 Å². The Morgan fingerprint density at radius 2 is 2.40 bits per heavy atom. The van der Waals surface area contributed by atoms with Crippen LogP contribution < -0.4 is 0 Å². The van der Waals surface area contributed by atoms with Crippen LogP contribution in [0.3, 0.4) is 0 Å². The van der Waals surface area contributed by atoms with E-state index < -0.39 is 0 Å². The monoisotopic (exact) mass is 142 g/mol. The van der Waals surface area contributed by atoms with Crippen LogP contribution in [0.25, 0.3) is 0 Å². The molecule has 3 nitrogen and oxygen atoms in total. The third kappa shape index (κ3) is 4.09. The van der Waals surface area contributed by atoms with Crippen molar-refractivity contribution in [2.45, 2.75) is 6.92 Å². The van der Waals surface area contributed by atoms with Crippen molar-refractivity contribution < 1.29 is 5.21 Å². The van der Waals surface area contributed by atoms with Crippen LogP contribution >= 0.6 is 0 Å². The fraction of sp³-hybridized carbons (Fsp3) is 0.571. The number of oxime groups is 1. The molecule has 0 amide bonds. The first-order chi connectivity index (χ1) is 4.70. The van der Waals surface area contributed by atoms with E-state index in [-0.39, 0.29) is 0 Å². The van der Waals surface area contributed by atoms with Gasteiger partial charge in [-0.15, -0.1) is 6.58 Å². The topological polar surface area (TPSA) is 35.8 Å². The highest BCUT2D eigenvalue weighted by atomic mass is 16.4. The Morgan fingerprint density at radius 3 is 2.80 bits per heavy atom. The summed E-state index contributed by atoms with van der Waals surface area (Å²) < 4.78 is 0. The molecule has 0 aromatic heterocycles. The fourth-order valence-corrected chi connectivity index (χ4v) is 0.707. The van der Waals surface area contributed by atoms with Crippen LogP contribution in [0.2, 0.25) is 0 Å². The molecule has 0 heterocycles. The van der Waals surface area contributed by atoms with Crippen LogP contribution in [0.15, 0.2) is 17.8 Å². The Kier molecular flexibility index (Phi) is 4.58. The van der Waals surface area contributed by atoms with E-state index in [0.717, 1.165) is 6.54 Å². The van der Waals surface area contributed by atoms with Crippen molar-refractivity contribution in [3.8, 4) is 0 Å². The summed E-state index contributed by atoms with van der Waals surface area (Å²) in [6.07, 6.45) is 1.81. The molecule has 0 spiro atoms. The molecule has 0 saturated heterocycles. The standard InChI is InChI=1S/C7H14N2O/c1-4-5-9(3)6-7(2)8-10/h4,10H,1,5-6H2,2-3H3/b8-7+. The summed E-state index contributed by atoms with van der Waals surface area (Å²) in [7, 11) is 1.94. The lowest BCUT2D eigenvalue weighted by molar-refractivity contribution is 0.312. The van der Waals surface area contributed by atoms with Gasteiger partial charge in [0.25, 0.3) is 0 Å². The van der Waals surface area contributed by atoms with Gasteiger partial charge in [0.15, 0.2) is 0 Å². The number of hydrogen-bond donors (Lipinski definition) is 1. The van der Waals surface area contributed by atoms with E-state index in [2.05, 4.69) is 11.7 Å². The molecular formula is C7H14N2O. The van der Waals surface area contributed by atoms with Gasteiger partial charge in [-0.3, -0.25) is 4.90 Å². The van der Waals surface area contributed by atoms with E-state index in [1.54, 1.807) is 6.92 Å². The molecule has 0 aromatic carbocycles. The van der Waals surface area contributed by atoms with Crippen molar-refractivity contribution in [3.05, 3.63) is 12.7 Å². The third-order valence-electron chi connectivity index (χ3n) is 1.11. The highest BCUT2D eigenvalue weighted by molar-refractivity contribution is 5.83. The van der Waals surface area contributed by atoms with Crippen molar-refractivity contribution in [1.82, 2.24) is 4.90 Å². The van der Waals surface area contributed by atoms with Gasteiger partial charge in [-0.05, 0) is 14.0 Å². The molecule has 0 aliphatic rings. The Bertz CT molecular complexity index is 132. The fourth-order valence-electron chi connectivity index (χ4n) is 0.707. The quantitative estimate of drug-likeness (QED) is 0.274. The van der Waals surface area contributed by atoms with Crippen LogP contribution in [-0.4, -0.2) is 36.0 Å². The van der Waals surface area contributed by atoms with E-state index in [1.165, 1.54) is 0 Å². The molecule has 0 rings (SSSR count). The molecule has 0 aliphatic carbocycles. The van der Waals surface area contributed by atoms with Gasteiger partial charge in [0.1, 0.15) is 0 Å². The Labute approximate surface area is 61.6 Å². The van der Waals surface area contributed by atoms with Gasteiger partial charge in [-0.25, -0.2) is 0 Å². The van der Waals surface area contributed by atoms with Gasteiger partial charge < -0.3 is 5.21 Å². The maximum atomic E-state index is 8.29. The molecule has 10 heavy (non-hydrogen) atoms. The molecular weight excluding hydrogens is 128 g/mol.